The monoisotopic (exact) mass is 661 g/mol. The smallest absolute Gasteiger partial charge is 0.251 e. The number of nitrogens with one attached hydrogen (secondary N) is 5. The van der Waals surface area contributed by atoms with E-state index >= 15 is 0 Å². The second-order valence-electron chi connectivity index (χ2n) is 13.7. The fourth-order valence-electron chi connectivity index (χ4n) is 7.43. The van der Waals surface area contributed by atoms with Crippen molar-refractivity contribution in [1.82, 2.24) is 36.6 Å². The molecule has 7 N–H and O–H groups in total. The van der Waals surface area contributed by atoms with Gasteiger partial charge in [0.15, 0.2) is 0 Å². The number of aromatic amines is 1. The van der Waals surface area contributed by atoms with E-state index in [0.29, 0.717) is 47.8 Å². The molecule has 2 saturated carbocycles. The van der Waals surface area contributed by atoms with Crippen LogP contribution in [0.5, 0.6) is 0 Å². The zero-order chi connectivity index (χ0) is 33.9. The van der Waals surface area contributed by atoms with Crippen LogP contribution in [-0.2, 0) is 16.0 Å². The van der Waals surface area contributed by atoms with Gasteiger partial charge >= 0.3 is 0 Å². The molecule has 3 atom stereocenters. The highest BCUT2D eigenvalue weighted by atomic mass is 16.2. The maximum Gasteiger partial charge on any atom is 0.251 e. The molecule has 3 amide bonds. The number of carbonyl (C=O) groups is 3. The molecule has 12 nitrogen and oxygen atoms in total. The zero-order valence-electron chi connectivity index (χ0n) is 27.6. The number of nitrogens with zero attached hydrogens (tertiary/aromatic N) is 3. The highest BCUT2D eigenvalue weighted by Gasteiger charge is 2.53. The summed E-state index contributed by atoms with van der Waals surface area (Å²) in [5.74, 6) is 1.49. The summed E-state index contributed by atoms with van der Waals surface area (Å²) < 4.78 is 0. The number of hydrogen-bond donors (Lipinski definition) is 6. The third kappa shape index (κ3) is 7.40. The van der Waals surface area contributed by atoms with Gasteiger partial charge in [0, 0.05) is 48.3 Å². The maximum atomic E-state index is 13.7. The summed E-state index contributed by atoms with van der Waals surface area (Å²) in [6.45, 7) is 4.62. The molecule has 0 radical (unpaired) electrons. The van der Waals surface area contributed by atoms with Crippen LogP contribution in [0.4, 0.5) is 5.69 Å². The Morgan fingerprint density at radius 1 is 0.918 bits per heavy atom. The maximum absolute atomic E-state index is 13.7. The molecule has 254 valence electrons. The largest absolute Gasteiger partial charge is 0.349 e. The van der Waals surface area contributed by atoms with Gasteiger partial charge < -0.3 is 27.0 Å². The number of carbonyl (C=O) groups excluding carboxylic acids is 3. The number of amides is 3. The van der Waals surface area contributed by atoms with E-state index in [-0.39, 0.29) is 29.7 Å². The highest BCUT2D eigenvalue weighted by Crippen LogP contribution is 2.41. The Kier molecular flexibility index (Phi) is 9.49. The van der Waals surface area contributed by atoms with Gasteiger partial charge in [-0.15, -0.1) is 10.2 Å². The van der Waals surface area contributed by atoms with Crippen LogP contribution in [0.1, 0.15) is 47.2 Å². The van der Waals surface area contributed by atoms with Crippen molar-refractivity contribution in [3.05, 3.63) is 83.4 Å². The number of nitrogens with two attached hydrogens (primary N) is 1. The molecule has 3 fully saturated rings. The summed E-state index contributed by atoms with van der Waals surface area (Å²) in [7, 11) is 0. The Labute approximate surface area is 285 Å². The lowest BCUT2D eigenvalue weighted by atomic mass is 9.81. The SMILES string of the molecule is Cc1cc(C(=O)NC2C3CNCC32)ccc1-c1ccc(C[C@H](NC(=O)C2CCC(CN)CC2)C(=O)Nc2ccc(-c3nn[nH]n3)cc2)cc1. The molecule has 2 aliphatic carbocycles. The lowest BCUT2D eigenvalue weighted by molar-refractivity contribution is -0.130. The number of H-pyrrole nitrogens is 1. The standard InChI is InChI=1S/C37H43N9O3/c1-21-16-27(36(48)42-33-30-19-39-20-31(30)33)12-15-29(21)24-6-2-22(3-7-24)17-32(41-35(47)26-8-4-23(18-38)5-9-26)37(49)40-28-13-10-25(11-14-28)34-43-45-46-44-34/h2-3,6-7,10-16,23,26,30-33,39H,4-5,8-9,17-20,38H2,1H3,(H,40,49)(H,41,47)(H,42,48)(H,43,44,45,46)/t23?,26?,30?,31?,32-,33?/m0/s1. The predicted molar refractivity (Wildman–Crippen MR) is 186 cm³/mol. The molecule has 3 aliphatic rings. The van der Waals surface area contributed by atoms with Crippen LogP contribution in [0.15, 0.2) is 66.7 Å². The van der Waals surface area contributed by atoms with E-state index in [1.165, 1.54) is 0 Å². The first-order valence-corrected chi connectivity index (χ1v) is 17.2. The van der Waals surface area contributed by atoms with E-state index in [0.717, 1.165) is 66.6 Å². The summed E-state index contributed by atoms with van der Waals surface area (Å²) in [6.07, 6.45) is 3.71. The molecule has 2 heterocycles. The molecule has 0 spiro atoms. The molecule has 2 unspecified atom stereocenters. The molecule has 7 rings (SSSR count). The normalized spacial score (nSPS) is 23.3. The molecule has 0 bridgehead atoms. The van der Waals surface area contributed by atoms with Crippen molar-refractivity contribution < 1.29 is 14.4 Å². The molecule has 1 aliphatic heterocycles. The van der Waals surface area contributed by atoms with Crippen LogP contribution in [0.2, 0.25) is 0 Å². The van der Waals surface area contributed by atoms with Crippen molar-refractivity contribution in [2.45, 2.75) is 51.1 Å². The number of fused-ring (bicyclic) bond motifs is 1. The first-order valence-electron chi connectivity index (χ1n) is 17.2. The Morgan fingerprint density at radius 2 is 1.63 bits per heavy atom. The van der Waals surface area contributed by atoms with E-state index in [4.69, 9.17) is 5.73 Å². The first kappa shape index (κ1) is 32.6. The average molecular weight is 662 g/mol. The Morgan fingerprint density at radius 3 is 2.29 bits per heavy atom. The number of benzene rings is 3. The second kappa shape index (κ2) is 14.3. The fourth-order valence-corrected chi connectivity index (χ4v) is 7.43. The van der Waals surface area contributed by atoms with Gasteiger partial charge in [0.2, 0.25) is 17.6 Å². The van der Waals surface area contributed by atoms with Gasteiger partial charge in [-0.1, -0.05) is 30.3 Å². The van der Waals surface area contributed by atoms with E-state index in [1.54, 1.807) is 24.3 Å². The van der Waals surface area contributed by atoms with Crippen molar-refractivity contribution in [3.8, 4) is 22.5 Å². The molecule has 4 aromatic rings. The van der Waals surface area contributed by atoms with Crippen molar-refractivity contribution in [3.63, 3.8) is 0 Å². The Bertz CT molecular complexity index is 1770. The summed E-state index contributed by atoms with van der Waals surface area (Å²) >= 11 is 0. The van der Waals surface area contributed by atoms with Gasteiger partial charge in [0.25, 0.3) is 5.91 Å². The van der Waals surface area contributed by atoms with Crippen molar-refractivity contribution >= 4 is 23.4 Å². The van der Waals surface area contributed by atoms with Crippen LogP contribution in [0.25, 0.3) is 22.5 Å². The van der Waals surface area contributed by atoms with Gasteiger partial charge in [0.05, 0.1) is 0 Å². The lowest BCUT2D eigenvalue weighted by Gasteiger charge is -2.28. The van der Waals surface area contributed by atoms with Gasteiger partial charge in [0.1, 0.15) is 6.04 Å². The van der Waals surface area contributed by atoms with Crippen molar-refractivity contribution in [1.29, 1.82) is 0 Å². The lowest BCUT2D eigenvalue weighted by Crippen LogP contribution is -2.48. The zero-order valence-corrected chi connectivity index (χ0v) is 27.6. The van der Waals surface area contributed by atoms with E-state index in [1.807, 2.05) is 49.4 Å². The molecular weight excluding hydrogens is 618 g/mol. The number of anilines is 1. The molecular formula is C37H43N9O3. The van der Waals surface area contributed by atoms with Crippen LogP contribution in [0.3, 0.4) is 0 Å². The van der Waals surface area contributed by atoms with Crippen LogP contribution in [0, 0.1) is 30.6 Å². The fraction of sp³-hybridized carbons (Fsp3) is 0.405. The van der Waals surface area contributed by atoms with Gasteiger partial charge in [-0.2, -0.15) is 5.21 Å². The summed E-state index contributed by atoms with van der Waals surface area (Å²) in [6, 6.07) is 20.5. The quantitative estimate of drug-likeness (QED) is 0.142. The number of rotatable bonds is 11. The summed E-state index contributed by atoms with van der Waals surface area (Å²) in [5.41, 5.74) is 11.9. The van der Waals surface area contributed by atoms with Gasteiger partial charge in [-0.3, -0.25) is 14.4 Å². The van der Waals surface area contributed by atoms with Crippen LogP contribution >= 0.6 is 0 Å². The highest BCUT2D eigenvalue weighted by molar-refractivity contribution is 5.98. The van der Waals surface area contributed by atoms with Gasteiger partial charge in [-0.05, 0) is 121 Å². The molecule has 1 aromatic heterocycles. The van der Waals surface area contributed by atoms with E-state index in [2.05, 4.69) is 41.9 Å². The minimum absolute atomic E-state index is 0.0221. The van der Waals surface area contributed by atoms with Crippen LogP contribution < -0.4 is 27.0 Å². The Hall–Kier alpha value is -4.94. The number of tetrazole rings is 1. The molecule has 3 aromatic carbocycles. The second-order valence-corrected chi connectivity index (χ2v) is 13.7. The third-order valence-electron chi connectivity index (χ3n) is 10.5. The third-order valence-corrected chi connectivity index (χ3v) is 10.5. The number of aromatic nitrogens is 4. The summed E-state index contributed by atoms with van der Waals surface area (Å²) in [5, 5.41) is 26.6. The van der Waals surface area contributed by atoms with Crippen molar-refractivity contribution in [2.75, 3.05) is 25.0 Å². The molecule has 1 saturated heterocycles. The first-order chi connectivity index (χ1) is 23.9. The van der Waals surface area contributed by atoms with E-state index in [9.17, 15) is 14.4 Å². The summed E-state index contributed by atoms with van der Waals surface area (Å²) in [4.78, 5) is 40.0. The molecule has 12 heteroatoms. The average Bonchev–Trinajstić information content (AvgIpc) is 3.52. The number of hydrogen-bond acceptors (Lipinski definition) is 8. The Balaban J connectivity index is 1.03. The van der Waals surface area contributed by atoms with E-state index < -0.39 is 6.04 Å². The number of aryl methyl sites for hydroxylation is 1. The predicted octanol–water partition coefficient (Wildman–Crippen LogP) is 3.22. The minimum atomic E-state index is -0.774. The topological polar surface area (TPSA) is 180 Å². The number of piperidine rings is 1. The van der Waals surface area contributed by atoms with Gasteiger partial charge in [-0.25, -0.2) is 0 Å². The minimum Gasteiger partial charge on any atom is -0.349 e. The van der Waals surface area contributed by atoms with Crippen LogP contribution in [-0.4, -0.2) is 70.1 Å². The molecule has 49 heavy (non-hydrogen) atoms. The van der Waals surface area contributed by atoms with Crippen molar-refractivity contribution in [2.24, 2.45) is 29.4 Å².